The van der Waals surface area contributed by atoms with Crippen LogP contribution in [0.25, 0.3) is 0 Å². The van der Waals surface area contributed by atoms with Crippen molar-refractivity contribution < 1.29 is 4.74 Å². The Hall–Kier alpha value is -2.11. The van der Waals surface area contributed by atoms with Gasteiger partial charge in [-0.3, -0.25) is 5.43 Å². The third-order valence-electron chi connectivity index (χ3n) is 2.54. The summed E-state index contributed by atoms with van der Waals surface area (Å²) in [6.07, 6.45) is 1.62. The third kappa shape index (κ3) is 5.41. The Morgan fingerprint density at radius 3 is 2.86 bits per heavy atom. The fourth-order valence-corrected chi connectivity index (χ4v) is 1.91. The molecular formula is C15H14ClN3OS. The summed E-state index contributed by atoms with van der Waals surface area (Å²) in [5, 5.41) is 4.72. The lowest BCUT2D eigenvalue weighted by atomic mass is 10.2. The molecule has 0 saturated carbocycles. The molecule has 108 valence electrons. The highest BCUT2D eigenvalue weighted by atomic mass is 35.5. The van der Waals surface area contributed by atoms with Crippen molar-refractivity contribution in [3.05, 3.63) is 64.7 Å². The Morgan fingerprint density at radius 1 is 1.29 bits per heavy atom. The molecule has 0 aliphatic rings. The van der Waals surface area contributed by atoms with Crippen LogP contribution in [0.4, 0.5) is 0 Å². The second-order valence-corrected chi connectivity index (χ2v) is 5.10. The molecule has 0 bridgehead atoms. The molecule has 0 aliphatic heterocycles. The molecule has 6 heteroatoms. The maximum atomic E-state index is 5.93. The third-order valence-corrected chi connectivity index (χ3v) is 2.87. The predicted octanol–water partition coefficient (Wildman–Crippen LogP) is 3.09. The number of hydrogen-bond acceptors (Lipinski definition) is 3. The van der Waals surface area contributed by atoms with Crippen LogP contribution in [0.2, 0.25) is 5.02 Å². The normalized spacial score (nSPS) is 10.5. The summed E-state index contributed by atoms with van der Waals surface area (Å²) in [4.78, 5) is 0. The van der Waals surface area contributed by atoms with Crippen molar-refractivity contribution in [2.75, 3.05) is 0 Å². The van der Waals surface area contributed by atoms with Gasteiger partial charge in [0.1, 0.15) is 12.4 Å². The molecule has 21 heavy (non-hydrogen) atoms. The van der Waals surface area contributed by atoms with E-state index in [1.807, 2.05) is 48.5 Å². The number of halogens is 1. The first-order valence-electron chi connectivity index (χ1n) is 6.19. The topological polar surface area (TPSA) is 59.6 Å². The van der Waals surface area contributed by atoms with Crippen LogP contribution in [0.15, 0.2) is 53.6 Å². The van der Waals surface area contributed by atoms with Gasteiger partial charge in [-0.05, 0) is 47.6 Å². The van der Waals surface area contributed by atoms with E-state index in [1.165, 1.54) is 0 Å². The Bertz CT molecular complexity index is 661. The molecule has 0 atom stereocenters. The Balaban J connectivity index is 1.97. The van der Waals surface area contributed by atoms with E-state index in [9.17, 15) is 0 Å². The van der Waals surface area contributed by atoms with Gasteiger partial charge in [0.15, 0.2) is 5.11 Å². The molecule has 0 amide bonds. The predicted molar refractivity (Wildman–Crippen MR) is 89.7 cm³/mol. The van der Waals surface area contributed by atoms with Gasteiger partial charge in [-0.1, -0.05) is 35.9 Å². The fraction of sp³-hybridized carbons (Fsp3) is 0.0667. The van der Waals surface area contributed by atoms with Gasteiger partial charge >= 0.3 is 0 Å². The van der Waals surface area contributed by atoms with E-state index in [0.29, 0.717) is 11.6 Å². The molecule has 0 saturated heterocycles. The maximum Gasteiger partial charge on any atom is 0.184 e. The summed E-state index contributed by atoms with van der Waals surface area (Å²) in [7, 11) is 0. The number of hydrazone groups is 1. The Labute approximate surface area is 133 Å². The maximum absolute atomic E-state index is 5.93. The zero-order chi connectivity index (χ0) is 15.1. The van der Waals surface area contributed by atoms with Crippen molar-refractivity contribution in [2.45, 2.75) is 6.61 Å². The van der Waals surface area contributed by atoms with Crippen LogP contribution in [-0.2, 0) is 6.61 Å². The summed E-state index contributed by atoms with van der Waals surface area (Å²) < 4.78 is 5.72. The molecule has 0 fully saturated rings. The largest absolute Gasteiger partial charge is 0.489 e. The number of benzene rings is 2. The molecule has 3 N–H and O–H groups in total. The van der Waals surface area contributed by atoms with E-state index in [2.05, 4.69) is 22.7 Å². The van der Waals surface area contributed by atoms with Crippen LogP contribution >= 0.6 is 23.8 Å². The monoisotopic (exact) mass is 319 g/mol. The second-order valence-electron chi connectivity index (χ2n) is 4.23. The highest BCUT2D eigenvalue weighted by Crippen LogP contribution is 2.16. The van der Waals surface area contributed by atoms with Gasteiger partial charge in [-0.2, -0.15) is 5.10 Å². The van der Waals surface area contributed by atoms with Crippen molar-refractivity contribution in [3.8, 4) is 5.75 Å². The lowest BCUT2D eigenvalue weighted by Crippen LogP contribution is -2.23. The lowest BCUT2D eigenvalue weighted by molar-refractivity contribution is 0.306. The summed E-state index contributed by atoms with van der Waals surface area (Å²) in [5.41, 5.74) is 9.67. The van der Waals surface area contributed by atoms with Crippen molar-refractivity contribution in [1.82, 2.24) is 5.43 Å². The minimum atomic E-state index is 0.125. The summed E-state index contributed by atoms with van der Waals surface area (Å²) in [6, 6.07) is 15.1. The molecule has 2 rings (SSSR count). The molecule has 0 aliphatic carbocycles. The van der Waals surface area contributed by atoms with E-state index < -0.39 is 0 Å². The summed E-state index contributed by atoms with van der Waals surface area (Å²) >= 11 is 10.6. The van der Waals surface area contributed by atoms with E-state index in [4.69, 9.17) is 22.1 Å². The molecule has 0 unspecified atom stereocenters. The summed E-state index contributed by atoms with van der Waals surface area (Å²) in [5.74, 6) is 0.745. The molecule has 2 aromatic rings. The number of hydrogen-bond donors (Lipinski definition) is 2. The van der Waals surface area contributed by atoms with Gasteiger partial charge in [0.05, 0.1) is 6.21 Å². The molecule has 0 radical (unpaired) electrons. The van der Waals surface area contributed by atoms with Crippen molar-refractivity contribution in [3.63, 3.8) is 0 Å². The van der Waals surface area contributed by atoms with Crippen molar-refractivity contribution in [2.24, 2.45) is 10.8 Å². The minimum Gasteiger partial charge on any atom is -0.489 e. The quantitative estimate of drug-likeness (QED) is 0.505. The molecule has 2 aromatic carbocycles. The standard InChI is InChI=1S/C15H14ClN3OS/c16-13-5-1-4-12(7-13)10-20-14-6-2-3-11(8-14)9-18-19-15(17)21/h1-9H,10H2,(H3,17,19,21)/b18-9+. The van der Waals surface area contributed by atoms with Crippen LogP contribution in [0, 0.1) is 0 Å². The minimum absolute atomic E-state index is 0.125. The van der Waals surface area contributed by atoms with E-state index in [1.54, 1.807) is 6.21 Å². The highest BCUT2D eigenvalue weighted by Gasteiger charge is 1.98. The zero-order valence-corrected chi connectivity index (χ0v) is 12.7. The number of rotatable bonds is 5. The van der Waals surface area contributed by atoms with Gasteiger partial charge in [0.2, 0.25) is 0 Å². The van der Waals surface area contributed by atoms with Gasteiger partial charge in [-0.25, -0.2) is 0 Å². The fourth-order valence-electron chi connectivity index (χ4n) is 1.65. The van der Waals surface area contributed by atoms with Gasteiger partial charge in [-0.15, -0.1) is 0 Å². The lowest BCUT2D eigenvalue weighted by Gasteiger charge is -2.07. The molecule has 4 nitrogen and oxygen atoms in total. The number of thiocarbonyl (C=S) groups is 1. The number of nitrogens with one attached hydrogen (secondary N) is 1. The first kappa shape index (κ1) is 15.3. The van der Waals surface area contributed by atoms with Crippen molar-refractivity contribution in [1.29, 1.82) is 0 Å². The van der Waals surface area contributed by atoms with Crippen molar-refractivity contribution >= 4 is 35.1 Å². The average molecular weight is 320 g/mol. The Morgan fingerprint density at radius 2 is 2.10 bits per heavy atom. The second kappa shape index (κ2) is 7.61. The van der Waals surface area contributed by atoms with Gasteiger partial charge in [0, 0.05) is 5.02 Å². The number of nitrogens with zero attached hydrogens (tertiary/aromatic N) is 1. The highest BCUT2D eigenvalue weighted by molar-refractivity contribution is 7.80. The molecule has 0 aromatic heterocycles. The van der Waals surface area contributed by atoms with Crippen LogP contribution in [0.5, 0.6) is 5.75 Å². The number of ether oxygens (including phenoxy) is 1. The zero-order valence-electron chi connectivity index (χ0n) is 11.1. The van der Waals surface area contributed by atoms with Crippen LogP contribution < -0.4 is 15.9 Å². The van der Waals surface area contributed by atoms with E-state index >= 15 is 0 Å². The first-order valence-corrected chi connectivity index (χ1v) is 6.98. The van der Waals surface area contributed by atoms with Gasteiger partial charge < -0.3 is 10.5 Å². The van der Waals surface area contributed by atoms with Crippen LogP contribution in [-0.4, -0.2) is 11.3 Å². The average Bonchev–Trinajstić information content (AvgIpc) is 2.45. The van der Waals surface area contributed by atoms with Crippen LogP contribution in [0.3, 0.4) is 0 Å². The first-order chi connectivity index (χ1) is 10.1. The Kier molecular flexibility index (Phi) is 5.54. The molecular weight excluding hydrogens is 306 g/mol. The van der Waals surface area contributed by atoms with Crippen LogP contribution in [0.1, 0.15) is 11.1 Å². The van der Waals surface area contributed by atoms with E-state index in [-0.39, 0.29) is 5.11 Å². The summed E-state index contributed by atoms with van der Waals surface area (Å²) in [6.45, 7) is 0.451. The van der Waals surface area contributed by atoms with E-state index in [0.717, 1.165) is 16.9 Å². The smallest absolute Gasteiger partial charge is 0.184 e. The van der Waals surface area contributed by atoms with Gasteiger partial charge in [0.25, 0.3) is 0 Å². The number of nitrogens with two attached hydrogens (primary N) is 1. The molecule has 0 spiro atoms. The SMILES string of the molecule is NC(=S)N/N=C/c1cccc(OCc2cccc(Cl)c2)c1. The molecule has 0 heterocycles.